The van der Waals surface area contributed by atoms with Gasteiger partial charge in [0.2, 0.25) is 15.9 Å². The molecule has 1 saturated heterocycles. The predicted molar refractivity (Wildman–Crippen MR) is 123 cm³/mol. The topological polar surface area (TPSA) is 143 Å². The third kappa shape index (κ3) is 5.61. The molecule has 37 heavy (non-hydrogen) atoms. The van der Waals surface area contributed by atoms with Gasteiger partial charge < -0.3 is 20.1 Å². The van der Waals surface area contributed by atoms with Crippen LogP contribution in [0.1, 0.15) is 12.5 Å². The molecule has 15 heteroatoms. The van der Waals surface area contributed by atoms with E-state index in [9.17, 15) is 36.0 Å². The van der Waals surface area contributed by atoms with E-state index in [4.69, 9.17) is 9.47 Å². The first-order valence-corrected chi connectivity index (χ1v) is 12.1. The standard InChI is InChI=1S/C22H23F3N4O7S/c1-13(30)26-15-5-7-16(8-6-15)37(33,34)28-21(22(23,24)25)19(31)29(20(32)27-21)11-10-14-4-9-17(35-2)18(12-14)36-3/h4-9,12,28H,10-11H2,1-3H3,(H,26,30)(H,27,32)/t21-/m1/s1. The Labute approximate surface area is 210 Å². The Morgan fingerprint density at radius 3 is 2.22 bits per heavy atom. The summed E-state index contributed by atoms with van der Waals surface area (Å²) >= 11 is 0. The molecular formula is C22H23F3N4O7S. The van der Waals surface area contributed by atoms with Crippen molar-refractivity contribution in [3.63, 3.8) is 0 Å². The van der Waals surface area contributed by atoms with Crippen LogP contribution in [0.3, 0.4) is 0 Å². The number of alkyl halides is 3. The van der Waals surface area contributed by atoms with E-state index in [-0.39, 0.29) is 17.0 Å². The molecule has 2 aromatic rings. The quantitative estimate of drug-likeness (QED) is 0.410. The summed E-state index contributed by atoms with van der Waals surface area (Å²) in [5.41, 5.74) is -3.21. The molecule has 0 unspecified atom stereocenters. The summed E-state index contributed by atoms with van der Waals surface area (Å²) in [6.45, 7) is 0.732. The second-order valence-electron chi connectivity index (χ2n) is 7.89. The summed E-state index contributed by atoms with van der Waals surface area (Å²) in [4.78, 5) is 36.1. The molecule has 1 aliphatic rings. The number of amides is 4. The Morgan fingerprint density at radius 2 is 1.68 bits per heavy atom. The maximum Gasteiger partial charge on any atom is 0.435 e. The fraction of sp³-hybridized carbons (Fsp3) is 0.318. The number of anilines is 1. The number of halogens is 3. The zero-order chi connectivity index (χ0) is 27.6. The van der Waals surface area contributed by atoms with Gasteiger partial charge in [-0.15, -0.1) is 0 Å². The smallest absolute Gasteiger partial charge is 0.435 e. The number of hydrogen-bond acceptors (Lipinski definition) is 7. The average Bonchev–Trinajstić information content (AvgIpc) is 3.06. The second kappa shape index (κ2) is 10.3. The Balaban J connectivity index is 1.86. The van der Waals surface area contributed by atoms with Crippen molar-refractivity contribution in [2.45, 2.75) is 30.1 Å². The number of nitrogens with zero attached hydrogens (tertiary/aromatic N) is 1. The second-order valence-corrected chi connectivity index (χ2v) is 9.57. The van der Waals surface area contributed by atoms with Crippen molar-refractivity contribution in [2.24, 2.45) is 0 Å². The number of benzene rings is 2. The average molecular weight is 545 g/mol. The summed E-state index contributed by atoms with van der Waals surface area (Å²) in [5.74, 6) is -1.54. The van der Waals surface area contributed by atoms with Gasteiger partial charge in [-0.2, -0.15) is 17.9 Å². The van der Waals surface area contributed by atoms with Gasteiger partial charge in [-0.05, 0) is 48.4 Å². The van der Waals surface area contributed by atoms with Gasteiger partial charge >= 0.3 is 12.2 Å². The lowest BCUT2D eigenvalue weighted by molar-refractivity contribution is -0.198. The Hall–Kier alpha value is -3.85. The zero-order valence-corrected chi connectivity index (χ0v) is 20.6. The first-order valence-electron chi connectivity index (χ1n) is 10.6. The minimum Gasteiger partial charge on any atom is -0.493 e. The van der Waals surface area contributed by atoms with Crippen LogP contribution in [0.5, 0.6) is 11.5 Å². The van der Waals surface area contributed by atoms with Crippen LogP contribution in [0.2, 0.25) is 0 Å². The maximum absolute atomic E-state index is 14.1. The number of methoxy groups -OCH3 is 2. The van der Waals surface area contributed by atoms with E-state index in [0.717, 1.165) is 24.3 Å². The van der Waals surface area contributed by atoms with Crippen LogP contribution in [-0.2, 0) is 26.0 Å². The van der Waals surface area contributed by atoms with Gasteiger partial charge in [0, 0.05) is 19.2 Å². The normalized spacial score (nSPS) is 17.9. The number of carbonyl (C=O) groups is 3. The predicted octanol–water partition coefficient (Wildman–Crippen LogP) is 1.99. The van der Waals surface area contributed by atoms with Crippen molar-refractivity contribution >= 4 is 33.6 Å². The minimum atomic E-state index is -5.53. The third-order valence-electron chi connectivity index (χ3n) is 5.38. The Bertz CT molecular complexity index is 1320. The Morgan fingerprint density at radius 1 is 1.05 bits per heavy atom. The molecular weight excluding hydrogens is 521 g/mol. The maximum atomic E-state index is 14.1. The lowest BCUT2D eigenvalue weighted by Gasteiger charge is -2.29. The highest BCUT2D eigenvalue weighted by Crippen LogP contribution is 2.35. The van der Waals surface area contributed by atoms with Crippen molar-refractivity contribution in [1.29, 1.82) is 0 Å². The van der Waals surface area contributed by atoms with Crippen LogP contribution < -0.4 is 24.8 Å². The van der Waals surface area contributed by atoms with Gasteiger partial charge in [0.25, 0.3) is 11.6 Å². The number of nitrogens with one attached hydrogen (secondary N) is 3. The van der Waals surface area contributed by atoms with E-state index in [1.807, 2.05) is 0 Å². The number of urea groups is 1. The van der Waals surface area contributed by atoms with Crippen molar-refractivity contribution in [3.05, 3.63) is 48.0 Å². The molecule has 3 N–H and O–H groups in total. The SMILES string of the molecule is COc1ccc(CCN2C(=O)N[C@](NS(=O)(=O)c3ccc(NC(C)=O)cc3)(C(F)(F)F)C2=O)cc1OC. The Kier molecular flexibility index (Phi) is 7.69. The van der Waals surface area contributed by atoms with E-state index in [1.165, 1.54) is 37.2 Å². The van der Waals surface area contributed by atoms with Crippen molar-refractivity contribution in [2.75, 3.05) is 26.1 Å². The molecule has 0 aliphatic carbocycles. The van der Waals surface area contributed by atoms with Crippen LogP contribution >= 0.6 is 0 Å². The van der Waals surface area contributed by atoms with Crippen molar-refractivity contribution in [1.82, 2.24) is 14.9 Å². The molecule has 11 nitrogen and oxygen atoms in total. The fourth-order valence-electron chi connectivity index (χ4n) is 3.56. The molecule has 1 fully saturated rings. The molecule has 0 spiro atoms. The highest BCUT2D eigenvalue weighted by Gasteiger charge is 2.69. The molecule has 4 amide bonds. The number of carbonyl (C=O) groups excluding carboxylic acids is 3. The molecule has 0 aromatic heterocycles. The van der Waals surface area contributed by atoms with E-state index >= 15 is 0 Å². The molecule has 200 valence electrons. The first kappa shape index (κ1) is 27.7. The van der Waals surface area contributed by atoms with Crippen LogP contribution in [-0.4, -0.2) is 63.8 Å². The molecule has 1 heterocycles. The van der Waals surface area contributed by atoms with Gasteiger partial charge in [-0.3, -0.25) is 14.5 Å². The number of ether oxygens (including phenoxy) is 2. The molecule has 3 rings (SSSR count). The molecule has 1 aliphatic heterocycles. The molecule has 0 bridgehead atoms. The number of rotatable bonds is 9. The van der Waals surface area contributed by atoms with E-state index in [1.54, 1.807) is 12.1 Å². The van der Waals surface area contributed by atoms with Crippen LogP contribution in [0, 0.1) is 0 Å². The van der Waals surface area contributed by atoms with Crippen LogP contribution in [0.25, 0.3) is 0 Å². The number of imide groups is 1. The van der Waals surface area contributed by atoms with Gasteiger partial charge in [-0.1, -0.05) is 6.07 Å². The minimum absolute atomic E-state index is 0.0508. The zero-order valence-electron chi connectivity index (χ0n) is 19.8. The van der Waals surface area contributed by atoms with E-state index < -0.39 is 51.1 Å². The summed E-state index contributed by atoms with van der Waals surface area (Å²) in [5, 5.41) is 3.85. The first-order chi connectivity index (χ1) is 17.2. The van der Waals surface area contributed by atoms with Gasteiger partial charge in [-0.25, -0.2) is 13.2 Å². The summed E-state index contributed by atoms with van der Waals surface area (Å²) in [7, 11) is -2.17. The van der Waals surface area contributed by atoms with Gasteiger partial charge in [0.15, 0.2) is 11.5 Å². The highest BCUT2D eigenvalue weighted by molar-refractivity contribution is 7.89. The van der Waals surface area contributed by atoms with E-state index in [0.29, 0.717) is 17.1 Å². The van der Waals surface area contributed by atoms with Gasteiger partial charge in [0.1, 0.15) is 0 Å². The van der Waals surface area contributed by atoms with Crippen LogP contribution in [0.15, 0.2) is 47.4 Å². The van der Waals surface area contributed by atoms with Crippen molar-refractivity contribution < 1.29 is 45.4 Å². The number of sulfonamides is 1. The van der Waals surface area contributed by atoms with Crippen molar-refractivity contribution in [3.8, 4) is 11.5 Å². The molecule has 0 saturated carbocycles. The summed E-state index contributed by atoms with van der Waals surface area (Å²) in [6, 6.07) is 7.41. The molecule has 0 radical (unpaired) electrons. The molecule has 1 atom stereocenters. The van der Waals surface area contributed by atoms with Gasteiger partial charge in [0.05, 0.1) is 19.1 Å². The highest BCUT2D eigenvalue weighted by atomic mass is 32.2. The monoisotopic (exact) mass is 544 g/mol. The molecule has 2 aromatic carbocycles. The lowest BCUT2D eigenvalue weighted by atomic mass is 10.1. The third-order valence-corrected chi connectivity index (χ3v) is 6.84. The summed E-state index contributed by atoms with van der Waals surface area (Å²) < 4.78 is 79.6. The summed E-state index contributed by atoms with van der Waals surface area (Å²) in [6.07, 6.45) is -5.58. The fourth-order valence-corrected chi connectivity index (χ4v) is 4.83. The number of hydrogen-bond donors (Lipinski definition) is 3. The largest absolute Gasteiger partial charge is 0.493 e. The lowest BCUT2D eigenvalue weighted by Crippen LogP contribution is -2.69. The van der Waals surface area contributed by atoms with E-state index in [2.05, 4.69) is 5.32 Å². The van der Waals surface area contributed by atoms with Crippen LogP contribution in [0.4, 0.5) is 23.7 Å².